The van der Waals surface area contributed by atoms with E-state index in [2.05, 4.69) is 0 Å². The molecule has 2 aliphatic carbocycles. The van der Waals surface area contributed by atoms with Crippen molar-refractivity contribution in [2.75, 3.05) is 26.2 Å². The molecule has 2 atom stereocenters. The van der Waals surface area contributed by atoms with Gasteiger partial charge in [0.05, 0.1) is 0 Å². The predicted octanol–water partition coefficient (Wildman–Crippen LogP) is 3.57. The number of hydrogen-bond acceptors (Lipinski definition) is 2. The third kappa shape index (κ3) is 4.33. The summed E-state index contributed by atoms with van der Waals surface area (Å²) < 4.78 is 13.1. The zero-order valence-electron chi connectivity index (χ0n) is 15.9. The van der Waals surface area contributed by atoms with E-state index in [1.165, 1.54) is 44.2 Å². The van der Waals surface area contributed by atoms with Gasteiger partial charge in [-0.2, -0.15) is 0 Å². The summed E-state index contributed by atoms with van der Waals surface area (Å²) in [5, 5.41) is 0. The summed E-state index contributed by atoms with van der Waals surface area (Å²) in [6, 6.07) is 6.50. The first-order chi connectivity index (χ1) is 13.1. The minimum Gasteiger partial charge on any atom is -0.339 e. The Morgan fingerprint density at radius 2 is 1.56 bits per heavy atom. The summed E-state index contributed by atoms with van der Waals surface area (Å²) in [6.07, 6.45) is 7.75. The van der Waals surface area contributed by atoms with Crippen LogP contribution >= 0.6 is 0 Å². The van der Waals surface area contributed by atoms with Crippen molar-refractivity contribution >= 4 is 11.8 Å². The van der Waals surface area contributed by atoms with Crippen LogP contribution in [0.25, 0.3) is 0 Å². The van der Waals surface area contributed by atoms with Crippen molar-refractivity contribution in [2.24, 2.45) is 11.8 Å². The van der Waals surface area contributed by atoms with E-state index >= 15 is 0 Å². The highest BCUT2D eigenvalue weighted by Crippen LogP contribution is 2.48. The van der Waals surface area contributed by atoms with Crippen LogP contribution < -0.4 is 0 Å². The summed E-state index contributed by atoms with van der Waals surface area (Å²) in [7, 11) is 0. The molecule has 0 aromatic heterocycles. The number of rotatable bonds is 4. The van der Waals surface area contributed by atoms with E-state index in [4.69, 9.17) is 0 Å². The number of halogens is 1. The van der Waals surface area contributed by atoms with Crippen LogP contribution in [-0.4, -0.2) is 47.8 Å². The third-order valence-corrected chi connectivity index (χ3v) is 6.54. The Hall–Kier alpha value is -1.91. The number of carbonyl (C=O) groups is 2. The maximum Gasteiger partial charge on any atom is 0.226 e. The van der Waals surface area contributed by atoms with Gasteiger partial charge >= 0.3 is 0 Å². The van der Waals surface area contributed by atoms with Crippen molar-refractivity contribution in [1.29, 1.82) is 0 Å². The molecule has 5 heteroatoms. The van der Waals surface area contributed by atoms with E-state index in [0.29, 0.717) is 38.5 Å². The predicted molar refractivity (Wildman–Crippen MR) is 102 cm³/mol. The second kappa shape index (κ2) is 7.99. The SMILES string of the molecule is O=C(CC1CCCCC1)N1CCN(C(=O)C2CC2c2ccc(F)cc2)CC1. The van der Waals surface area contributed by atoms with Gasteiger partial charge in [0.25, 0.3) is 0 Å². The minimum absolute atomic E-state index is 0.0277. The Bertz CT molecular complexity index is 676. The lowest BCUT2D eigenvalue weighted by Gasteiger charge is -2.36. The molecule has 2 unspecified atom stereocenters. The Kier molecular flexibility index (Phi) is 5.46. The lowest BCUT2D eigenvalue weighted by atomic mass is 9.86. The van der Waals surface area contributed by atoms with Gasteiger partial charge in [0.2, 0.25) is 11.8 Å². The molecular weight excluding hydrogens is 343 g/mol. The molecule has 1 aromatic carbocycles. The summed E-state index contributed by atoms with van der Waals surface area (Å²) >= 11 is 0. The van der Waals surface area contributed by atoms with Crippen molar-refractivity contribution in [3.63, 3.8) is 0 Å². The highest BCUT2D eigenvalue weighted by molar-refractivity contribution is 5.83. The summed E-state index contributed by atoms with van der Waals surface area (Å²) in [6.45, 7) is 2.60. The number of hydrogen-bond donors (Lipinski definition) is 0. The zero-order valence-corrected chi connectivity index (χ0v) is 15.9. The van der Waals surface area contributed by atoms with E-state index in [1.807, 2.05) is 9.80 Å². The molecular formula is C22H29FN2O2. The molecule has 0 N–H and O–H groups in total. The van der Waals surface area contributed by atoms with Crippen LogP contribution in [0.3, 0.4) is 0 Å². The summed E-state index contributed by atoms with van der Waals surface area (Å²) in [5.74, 6) is 1.04. The largest absolute Gasteiger partial charge is 0.339 e. The number of nitrogens with zero attached hydrogens (tertiary/aromatic N) is 2. The third-order valence-electron chi connectivity index (χ3n) is 6.54. The van der Waals surface area contributed by atoms with Crippen LogP contribution in [0.2, 0.25) is 0 Å². The highest BCUT2D eigenvalue weighted by atomic mass is 19.1. The molecule has 2 saturated carbocycles. The van der Waals surface area contributed by atoms with Crippen LogP contribution in [0.1, 0.15) is 56.4 Å². The fourth-order valence-corrected chi connectivity index (χ4v) is 4.72. The van der Waals surface area contributed by atoms with Crippen molar-refractivity contribution in [3.8, 4) is 0 Å². The van der Waals surface area contributed by atoms with Gasteiger partial charge < -0.3 is 9.80 Å². The van der Waals surface area contributed by atoms with Gasteiger partial charge in [-0.05, 0) is 48.8 Å². The van der Waals surface area contributed by atoms with E-state index in [0.717, 1.165) is 12.0 Å². The Morgan fingerprint density at radius 3 is 2.22 bits per heavy atom. The number of amides is 2. The Balaban J connectivity index is 1.24. The fraction of sp³-hybridized carbons (Fsp3) is 0.636. The van der Waals surface area contributed by atoms with Crippen molar-refractivity contribution in [2.45, 2.75) is 50.9 Å². The van der Waals surface area contributed by atoms with E-state index < -0.39 is 0 Å². The standard InChI is InChI=1S/C22H29FN2O2/c23-18-8-6-17(7-9-18)19-15-20(19)22(27)25-12-10-24(11-13-25)21(26)14-16-4-2-1-3-5-16/h6-9,16,19-20H,1-5,10-15H2. The van der Waals surface area contributed by atoms with E-state index in [9.17, 15) is 14.0 Å². The maximum atomic E-state index is 13.1. The second-order valence-electron chi connectivity index (χ2n) is 8.41. The van der Waals surface area contributed by atoms with Gasteiger partial charge in [-0.1, -0.05) is 31.4 Å². The van der Waals surface area contributed by atoms with Gasteiger partial charge in [0.1, 0.15) is 5.82 Å². The molecule has 3 aliphatic rings. The highest BCUT2D eigenvalue weighted by Gasteiger charge is 2.46. The van der Waals surface area contributed by atoms with Gasteiger partial charge in [-0.25, -0.2) is 4.39 Å². The average Bonchev–Trinajstić information content (AvgIpc) is 3.50. The molecule has 0 radical (unpaired) electrons. The van der Waals surface area contributed by atoms with Gasteiger partial charge in [0, 0.05) is 38.5 Å². The van der Waals surface area contributed by atoms with E-state index in [1.54, 1.807) is 12.1 Å². The maximum absolute atomic E-state index is 13.1. The smallest absolute Gasteiger partial charge is 0.226 e. The van der Waals surface area contributed by atoms with Crippen LogP contribution in [0, 0.1) is 17.7 Å². The molecule has 146 valence electrons. The number of benzene rings is 1. The minimum atomic E-state index is -0.240. The quantitative estimate of drug-likeness (QED) is 0.811. The summed E-state index contributed by atoms with van der Waals surface area (Å²) in [5.41, 5.74) is 1.05. The van der Waals surface area contributed by atoms with Gasteiger partial charge in [-0.15, -0.1) is 0 Å². The van der Waals surface area contributed by atoms with Gasteiger partial charge in [-0.3, -0.25) is 9.59 Å². The molecule has 0 spiro atoms. The molecule has 1 heterocycles. The van der Waals surface area contributed by atoms with Crippen molar-refractivity contribution in [3.05, 3.63) is 35.6 Å². The molecule has 2 amide bonds. The second-order valence-corrected chi connectivity index (χ2v) is 8.41. The normalized spacial score (nSPS) is 26.1. The van der Waals surface area contributed by atoms with Crippen LogP contribution in [0.15, 0.2) is 24.3 Å². The molecule has 27 heavy (non-hydrogen) atoms. The first-order valence-corrected chi connectivity index (χ1v) is 10.4. The first kappa shape index (κ1) is 18.5. The fourth-order valence-electron chi connectivity index (χ4n) is 4.72. The molecule has 1 saturated heterocycles. The zero-order chi connectivity index (χ0) is 18.8. The Labute approximate surface area is 160 Å². The monoisotopic (exact) mass is 372 g/mol. The number of piperazine rings is 1. The lowest BCUT2D eigenvalue weighted by molar-refractivity contribution is -0.141. The average molecular weight is 372 g/mol. The molecule has 1 aliphatic heterocycles. The van der Waals surface area contributed by atoms with E-state index in [-0.39, 0.29) is 29.5 Å². The molecule has 4 nitrogen and oxygen atoms in total. The molecule has 4 rings (SSSR count). The van der Waals surface area contributed by atoms with Crippen LogP contribution in [0.4, 0.5) is 4.39 Å². The molecule has 0 bridgehead atoms. The summed E-state index contributed by atoms with van der Waals surface area (Å²) in [4.78, 5) is 29.2. The Morgan fingerprint density at radius 1 is 0.926 bits per heavy atom. The van der Waals surface area contributed by atoms with Crippen LogP contribution in [-0.2, 0) is 9.59 Å². The lowest BCUT2D eigenvalue weighted by Crippen LogP contribution is -2.51. The molecule has 3 fully saturated rings. The topological polar surface area (TPSA) is 40.6 Å². The first-order valence-electron chi connectivity index (χ1n) is 10.4. The van der Waals surface area contributed by atoms with Crippen molar-refractivity contribution < 1.29 is 14.0 Å². The molecule has 1 aromatic rings. The van der Waals surface area contributed by atoms with Gasteiger partial charge in [0.15, 0.2) is 0 Å². The number of carbonyl (C=O) groups excluding carboxylic acids is 2. The van der Waals surface area contributed by atoms with Crippen molar-refractivity contribution in [1.82, 2.24) is 9.80 Å². The van der Waals surface area contributed by atoms with Crippen LogP contribution in [0.5, 0.6) is 0 Å².